The Morgan fingerprint density at radius 3 is 2.64 bits per heavy atom. The molecule has 1 aliphatic carbocycles. The van der Waals surface area contributed by atoms with Crippen molar-refractivity contribution in [3.8, 4) is 11.3 Å². The molecule has 168 valence electrons. The molecule has 0 bridgehead atoms. The number of ether oxygens (including phenoxy) is 1. The molecular formula is C27H25ClN2O3. The van der Waals surface area contributed by atoms with E-state index in [1.807, 2.05) is 24.3 Å². The highest BCUT2D eigenvalue weighted by atomic mass is 35.5. The summed E-state index contributed by atoms with van der Waals surface area (Å²) in [6.07, 6.45) is 6.39. The van der Waals surface area contributed by atoms with Crippen molar-refractivity contribution >= 4 is 28.4 Å². The van der Waals surface area contributed by atoms with Crippen molar-refractivity contribution in [2.75, 3.05) is 20.3 Å². The lowest BCUT2D eigenvalue weighted by molar-refractivity contribution is 0.0680. The number of rotatable bonds is 7. The van der Waals surface area contributed by atoms with Crippen LogP contribution in [0.4, 0.5) is 0 Å². The number of benzene rings is 2. The normalized spacial score (nSPS) is 12.8. The summed E-state index contributed by atoms with van der Waals surface area (Å²) in [4.78, 5) is 20.1. The van der Waals surface area contributed by atoms with Gasteiger partial charge in [-0.05, 0) is 72.4 Å². The topological polar surface area (TPSA) is 55.6 Å². The first-order chi connectivity index (χ1) is 16.1. The summed E-state index contributed by atoms with van der Waals surface area (Å²) in [6.45, 7) is 1.31. The van der Waals surface area contributed by atoms with E-state index in [2.05, 4.69) is 18.2 Å². The van der Waals surface area contributed by atoms with Gasteiger partial charge in [-0.1, -0.05) is 23.7 Å². The molecule has 4 aromatic rings. The minimum absolute atomic E-state index is 0.100. The minimum Gasteiger partial charge on any atom is -0.472 e. The first kappa shape index (κ1) is 21.7. The molecule has 0 atom stereocenters. The van der Waals surface area contributed by atoms with E-state index in [1.54, 1.807) is 18.1 Å². The third-order valence-corrected chi connectivity index (χ3v) is 6.46. The van der Waals surface area contributed by atoms with Gasteiger partial charge in [0.05, 0.1) is 29.6 Å². The Kier molecular flexibility index (Phi) is 6.16. The predicted octanol–water partition coefficient (Wildman–Crippen LogP) is 5.93. The van der Waals surface area contributed by atoms with E-state index in [0.29, 0.717) is 30.3 Å². The lowest BCUT2D eigenvalue weighted by Crippen LogP contribution is -2.33. The Bertz CT molecular complexity index is 1280. The fourth-order valence-electron chi connectivity index (χ4n) is 4.50. The van der Waals surface area contributed by atoms with Crippen molar-refractivity contribution in [2.24, 2.45) is 0 Å². The van der Waals surface area contributed by atoms with Crippen LogP contribution in [-0.4, -0.2) is 36.1 Å². The molecule has 5 nitrogen and oxygen atoms in total. The number of pyridine rings is 1. The SMILES string of the molecule is COCCN(Cc1cc2cc3c(cc2nc1-c1ccc(Cl)cc1)CCC3)C(=O)c1ccoc1. The molecule has 0 saturated carbocycles. The van der Waals surface area contributed by atoms with Crippen LogP contribution in [0.2, 0.25) is 5.02 Å². The van der Waals surface area contributed by atoms with Crippen molar-refractivity contribution in [3.63, 3.8) is 0 Å². The molecule has 2 aromatic carbocycles. The van der Waals surface area contributed by atoms with Crippen molar-refractivity contribution in [3.05, 3.63) is 88.3 Å². The maximum Gasteiger partial charge on any atom is 0.257 e. The Hall–Kier alpha value is -3.15. The smallest absolute Gasteiger partial charge is 0.257 e. The van der Waals surface area contributed by atoms with Crippen LogP contribution < -0.4 is 0 Å². The van der Waals surface area contributed by atoms with E-state index in [-0.39, 0.29) is 5.91 Å². The number of nitrogens with zero attached hydrogens (tertiary/aromatic N) is 2. The van der Waals surface area contributed by atoms with Crippen molar-refractivity contribution in [2.45, 2.75) is 25.8 Å². The number of carbonyl (C=O) groups excluding carboxylic acids is 1. The van der Waals surface area contributed by atoms with Gasteiger partial charge >= 0.3 is 0 Å². The molecule has 2 aromatic heterocycles. The summed E-state index contributed by atoms with van der Waals surface area (Å²) in [5.74, 6) is -0.100. The molecule has 0 fully saturated rings. The quantitative estimate of drug-likeness (QED) is 0.343. The molecule has 0 saturated heterocycles. The monoisotopic (exact) mass is 460 g/mol. The maximum atomic E-state index is 13.2. The Labute approximate surface area is 197 Å². The Morgan fingerprint density at radius 2 is 1.91 bits per heavy atom. The van der Waals surface area contributed by atoms with Crippen LogP contribution in [-0.2, 0) is 24.1 Å². The fourth-order valence-corrected chi connectivity index (χ4v) is 4.62. The number of methoxy groups -OCH3 is 1. The maximum absolute atomic E-state index is 13.2. The largest absolute Gasteiger partial charge is 0.472 e. The third-order valence-electron chi connectivity index (χ3n) is 6.21. The molecular weight excluding hydrogens is 436 g/mol. The molecule has 0 spiro atoms. The molecule has 33 heavy (non-hydrogen) atoms. The zero-order valence-corrected chi connectivity index (χ0v) is 19.3. The summed E-state index contributed by atoms with van der Waals surface area (Å²) in [5, 5.41) is 1.78. The van der Waals surface area contributed by atoms with Crippen molar-refractivity contribution in [1.82, 2.24) is 9.88 Å². The van der Waals surface area contributed by atoms with E-state index >= 15 is 0 Å². The lowest BCUT2D eigenvalue weighted by Gasteiger charge is -2.23. The summed E-state index contributed by atoms with van der Waals surface area (Å²) in [5.41, 5.74) is 7.11. The van der Waals surface area contributed by atoms with E-state index < -0.39 is 0 Å². The number of carbonyl (C=O) groups is 1. The van der Waals surface area contributed by atoms with E-state index in [1.165, 1.54) is 30.1 Å². The average molecular weight is 461 g/mol. The van der Waals surface area contributed by atoms with Crippen molar-refractivity contribution in [1.29, 1.82) is 0 Å². The van der Waals surface area contributed by atoms with Gasteiger partial charge in [-0.25, -0.2) is 4.98 Å². The first-order valence-electron chi connectivity index (χ1n) is 11.1. The second-order valence-electron chi connectivity index (χ2n) is 8.40. The van der Waals surface area contributed by atoms with Gasteiger partial charge in [0.25, 0.3) is 5.91 Å². The highest BCUT2D eigenvalue weighted by Gasteiger charge is 2.21. The minimum atomic E-state index is -0.100. The van der Waals surface area contributed by atoms with Crippen molar-refractivity contribution < 1.29 is 13.9 Å². The third kappa shape index (κ3) is 4.52. The molecule has 0 unspecified atom stereocenters. The summed E-state index contributed by atoms with van der Waals surface area (Å²) < 4.78 is 10.4. The molecule has 2 heterocycles. The number of hydrogen-bond donors (Lipinski definition) is 0. The van der Waals surface area contributed by atoms with Crippen LogP contribution in [0.3, 0.4) is 0 Å². The first-order valence-corrected chi connectivity index (χ1v) is 11.5. The zero-order valence-electron chi connectivity index (χ0n) is 18.5. The zero-order chi connectivity index (χ0) is 22.8. The number of furan rings is 1. The number of aromatic nitrogens is 1. The summed E-state index contributed by atoms with van der Waals surface area (Å²) in [6, 6.07) is 16.0. The fraction of sp³-hybridized carbons (Fsp3) is 0.259. The van der Waals surface area contributed by atoms with Crippen LogP contribution in [0.15, 0.2) is 65.5 Å². The second-order valence-corrected chi connectivity index (χ2v) is 8.84. The Balaban J connectivity index is 1.60. The van der Waals surface area contributed by atoms with Crippen LogP contribution in [0, 0.1) is 0 Å². The number of aryl methyl sites for hydroxylation is 2. The number of halogens is 1. The lowest BCUT2D eigenvalue weighted by atomic mass is 10.00. The molecule has 0 radical (unpaired) electrons. The molecule has 5 rings (SSSR count). The molecule has 1 amide bonds. The van der Waals surface area contributed by atoms with Gasteiger partial charge in [0.15, 0.2) is 0 Å². The van der Waals surface area contributed by atoms with Crippen LogP contribution in [0.1, 0.15) is 33.5 Å². The van der Waals surface area contributed by atoms with Crippen LogP contribution in [0.25, 0.3) is 22.2 Å². The van der Waals surface area contributed by atoms with Gasteiger partial charge in [-0.3, -0.25) is 4.79 Å². The average Bonchev–Trinajstić information content (AvgIpc) is 3.52. The number of amides is 1. The van der Waals surface area contributed by atoms with E-state index in [0.717, 1.165) is 40.6 Å². The van der Waals surface area contributed by atoms with Gasteiger partial charge < -0.3 is 14.1 Å². The molecule has 0 N–H and O–H groups in total. The van der Waals surface area contributed by atoms with Crippen LogP contribution >= 0.6 is 11.6 Å². The van der Waals surface area contributed by atoms with Gasteiger partial charge in [-0.2, -0.15) is 0 Å². The highest BCUT2D eigenvalue weighted by Crippen LogP contribution is 2.32. The summed E-state index contributed by atoms with van der Waals surface area (Å²) in [7, 11) is 1.64. The van der Waals surface area contributed by atoms with Gasteiger partial charge in [0, 0.05) is 36.2 Å². The van der Waals surface area contributed by atoms with Gasteiger partial charge in [0.2, 0.25) is 0 Å². The standard InChI is InChI=1S/C27H25ClN2O3/c1-32-12-10-30(27(31)21-9-11-33-17-21)16-23-14-22-13-19-3-2-4-20(19)15-25(22)29-26(23)18-5-7-24(28)8-6-18/h5-9,11,13-15,17H,2-4,10,12,16H2,1H3. The van der Waals surface area contributed by atoms with Gasteiger partial charge in [0.1, 0.15) is 6.26 Å². The van der Waals surface area contributed by atoms with Gasteiger partial charge in [-0.15, -0.1) is 0 Å². The second kappa shape index (κ2) is 9.38. The molecule has 0 aliphatic heterocycles. The molecule has 6 heteroatoms. The van der Waals surface area contributed by atoms with E-state index in [9.17, 15) is 4.79 Å². The number of fused-ring (bicyclic) bond motifs is 2. The van der Waals surface area contributed by atoms with Crippen LogP contribution in [0.5, 0.6) is 0 Å². The van der Waals surface area contributed by atoms with E-state index in [4.69, 9.17) is 25.7 Å². The number of hydrogen-bond acceptors (Lipinski definition) is 4. The molecule has 1 aliphatic rings. The highest BCUT2D eigenvalue weighted by molar-refractivity contribution is 6.30. The predicted molar refractivity (Wildman–Crippen MR) is 130 cm³/mol. The Morgan fingerprint density at radius 1 is 1.12 bits per heavy atom. The summed E-state index contributed by atoms with van der Waals surface area (Å²) >= 11 is 6.14.